The van der Waals surface area contributed by atoms with E-state index >= 15 is 0 Å². The van der Waals surface area contributed by atoms with Crippen LogP contribution in [0.4, 0.5) is 0 Å². The third-order valence-corrected chi connectivity index (χ3v) is 6.12. The average Bonchev–Trinajstić information content (AvgIpc) is 3.09. The van der Waals surface area contributed by atoms with Gasteiger partial charge >= 0.3 is 0 Å². The molecule has 0 saturated carbocycles. The third-order valence-electron chi connectivity index (χ3n) is 4.24. The molecular formula is C16H21N3O2S. The maximum atomic E-state index is 12.5. The van der Waals surface area contributed by atoms with Crippen LogP contribution in [-0.4, -0.2) is 41.5 Å². The zero-order valence-corrected chi connectivity index (χ0v) is 13.3. The smallest absolute Gasteiger partial charge is 0.214 e. The molecule has 2 heterocycles. The summed E-state index contributed by atoms with van der Waals surface area (Å²) in [5.41, 5.74) is 1.07. The largest absolute Gasteiger partial charge is 0.348 e. The van der Waals surface area contributed by atoms with Crippen molar-refractivity contribution in [2.75, 3.05) is 18.8 Å². The Morgan fingerprint density at radius 2 is 1.91 bits per heavy atom. The quantitative estimate of drug-likeness (QED) is 0.918. The van der Waals surface area contributed by atoms with E-state index in [0.29, 0.717) is 25.4 Å². The summed E-state index contributed by atoms with van der Waals surface area (Å²) >= 11 is 0. The maximum absolute atomic E-state index is 12.5. The first kappa shape index (κ1) is 15.2. The molecule has 1 aromatic heterocycles. The number of piperidine rings is 1. The van der Waals surface area contributed by atoms with Crippen molar-refractivity contribution in [3.8, 4) is 0 Å². The molecule has 1 aliphatic heterocycles. The topological polar surface area (TPSA) is 66.1 Å². The summed E-state index contributed by atoms with van der Waals surface area (Å²) in [6.45, 7) is 1.17. The van der Waals surface area contributed by atoms with Crippen molar-refractivity contribution in [3.05, 3.63) is 54.1 Å². The predicted octanol–water partition coefficient (Wildman–Crippen LogP) is 2.16. The van der Waals surface area contributed by atoms with E-state index in [2.05, 4.69) is 9.97 Å². The number of nitrogens with one attached hydrogen (secondary N) is 1. The number of rotatable bonds is 5. The lowest BCUT2D eigenvalue weighted by Gasteiger charge is -2.30. The number of nitrogens with zero attached hydrogens (tertiary/aromatic N) is 2. The highest BCUT2D eigenvalue weighted by Gasteiger charge is 2.29. The molecule has 0 atom stereocenters. The first-order valence-electron chi connectivity index (χ1n) is 7.66. The molecule has 0 aliphatic carbocycles. The zero-order valence-electron chi connectivity index (χ0n) is 12.5. The number of aryl methyl sites for hydroxylation is 1. The average molecular weight is 319 g/mol. The summed E-state index contributed by atoms with van der Waals surface area (Å²) in [5.74, 6) is 1.50. The SMILES string of the molecule is O=S(=O)(CCc1ccccc1)N1CCC(c2ncc[nH]2)CC1. The van der Waals surface area contributed by atoms with Crippen LogP contribution >= 0.6 is 0 Å². The Bertz CT molecular complexity index is 675. The second-order valence-corrected chi connectivity index (χ2v) is 7.79. The Morgan fingerprint density at radius 1 is 1.18 bits per heavy atom. The number of benzene rings is 1. The summed E-state index contributed by atoms with van der Waals surface area (Å²) in [7, 11) is -3.17. The van der Waals surface area contributed by atoms with Crippen LogP contribution in [0.3, 0.4) is 0 Å². The van der Waals surface area contributed by atoms with Gasteiger partial charge in [-0.15, -0.1) is 0 Å². The molecule has 1 fully saturated rings. The van der Waals surface area contributed by atoms with Gasteiger partial charge in [0.25, 0.3) is 0 Å². The van der Waals surface area contributed by atoms with Gasteiger partial charge in [0.2, 0.25) is 10.0 Å². The fraction of sp³-hybridized carbons (Fsp3) is 0.438. The van der Waals surface area contributed by atoms with Crippen molar-refractivity contribution >= 4 is 10.0 Å². The second-order valence-electron chi connectivity index (χ2n) is 5.70. The molecule has 0 radical (unpaired) electrons. The lowest BCUT2D eigenvalue weighted by molar-refractivity contribution is 0.314. The summed E-state index contributed by atoms with van der Waals surface area (Å²) in [4.78, 5) is 7.41. The minimum atomic E-state index is -3.17. The maximum Gasteiger partial charge on any atom is 0.214 e. The van der Waals surface area contributed by atoms with Gasteiger partial charge < -0.3 is 4.98 Å². The fourth-order valence-corrected chi connectivity index (χ4v) is 4.45. The van der Waals surface area contributed by atoms with E-state index < -0.39 is 10.0 Å². The van der Waals surface area contributed by atoms with Gasteiger partial charge in [-0.1, -0.05) is 30.3 Å². The highest BCUT2D eigenvalue weighted by atomic mass is 32.2. The van der Waals surface area contributed by atoms with Crippen molar-refractivity contribution in [1.82, 2.24) is 14.3 Å². The van der Waals surface area contributed by atoms with Crippen LogP contribution < -0.4 is 0 Å². The van der Waals surface area contributed by atoms with Gasteiger partial charge in [-0.05, 0) is 24.8 Å². The molecule has 22 heavy (non-hydrogen) atoms. The van der Waals surface area contributed by atoms with Crippen molar-refractivity contribution in [3.63, 3.8) is 0 Å². The standard InChI is InChI=1S/C16H21N3O2S/c20-22(21,13-8-14-4-2-1-3-5-14)19-11-6-15(7-12-19)16-17-9-10-18-16/h1-5,9-10,15H,6-8,11-13H2,(H,17,18). The van der Waals surface area contributed by atoms with Gasteiger partial charge in [0.15, 0.2) is 0 Å². The predicted molar refractivity (Wildman–Crippen MR) is 86.1 cm³/mol. The Labute approximate surface area is 131 Å². The molecule has 1 aromatic carbocycles. The lowest BCUT2D eigenvalue weighted by atomic mass is 9.98. The van der Waals surface area contributed by atoms with E-state index in [4.69, 9.17) is 0 Å². The fourth-order valence-electron chi connectivity index (χ4n) is 2.93. The first-order chi connectivity index (χ1) is 10.6. The van der Waals surface area contributed by atoms with Gasteiger partial charge in [-0.25, -0.2) is 17.7 Å². The van der Waals surface area contributed by atoms with Crippen LogP contribution in [0, 0.1) is 0 Å². The highest BCUT2D eigenvalue weighted by Crippen LogP contribution is 2.26. The van der Waals surface area contributed by atoms with Crippen LogP contribution in [0.15, 0.2) is 42.7 Å². The van der Waals surface area contributed by atoms with E-state index in [9.17, 15) is 8.42 Å². The molecule has 0 spiro atoms. The molecule has 0 unspecified atom stereocenters. The molecular weight excluding hydrogens is 298 g/mol. The molecule has 3 rings (SSSR count). The molecule has 6 heteroatoms. The van der Waals surface area contributed by atoms with E-state index in [1.54, 1.807) is 10.5 Å². The van der Waals surface area contributed by atoms with Gasteiger partial charge in [0, 0.05) is 31.4 Å². The minimum absolute atomic E-state index is 0.183. The van der Waals surface area contributed by atoms with Crippen molar-refractivity contribution in [2.24, 2.45) is 0 Å². The number of sulfonamides is 1. The van der Waals surface area contributed by atoms with Gasteiger partial charge in [0.05, 0.1) is 5.75 Å². The Balaban J connectivity index is 1.55. The lowest BCUT2D eigenvalue weighted by Crippen LogP contribution is -2.39. The number of aromatic nitrogens is 2. The van der Waals surface area contributed by atoms with Crippen LogP contribution in [0.2, 0.25) is 0 Å². The molecule has 1 N–H and O–H groups in total. The number of hydrogen-bond acceptors (Lipinski definition) is 3. The molecule has 0 amide bonds. The van der Waals surface area contributed by atoms with Crippen molar-refractivity contribution < 1.29 is 8.42 Å². The first-order valence-corrected chi connectivity index (χ1v) is 9.27. The third kappa shape index (κ3) is 3.56. The van der Waals surface area contributed by atoms with E-state index in [0.717, 1.165) is 24.2 Å². The summed E-state index contributed by atoms with van der Waals surface area (Å²) in [5, 5.41) is 0. The number of hydrogen-bond donors (Lipinski definition) is 1. The van der Waals surface area contributed by atoms with Crippen LogP contribution in [-0.2, 0) is 16.4 Å². The molecule has 1 aliphatic rings. The normalized spacial score (nSPS) is 17.6. The number of aromatic amines is 1. The van der Waals surface area contributed by atoms with Crippen molar-refractivity contribution in [2.45, 2.75) is 25.2 Å². The molecule has 1 saturated heterocycles. The number of imidazole rings is 1. The summed E-state index contributed by atoms with van der Waals surface area (Å²) < 4.78 is 26.5. The summed E-state index contributed by atoms with van der Waals surface area (Å²) in [6, 6.07) is 9.77. The monoisotopic (exact) mass is 319 g/mol. The van der Waals surface area contributed by atoms with Crippen LogP contribution in [0.25, 0.3) is 0 Å². The second kappa shape index (κ2) is 6.62. The zero-order chi connectivity index (χ0) is 15.4. The molecule has 5 nitrogen and oxygen atoms in total. The van der Waals surface area contributed by atoms with E-state index in [1.807, 2.05) is 36.5 Å². The van der Waals surface area contributed by atoms with Gasteiger partial charge in [-0.3, -0.25) is 0 Å². The van der Waals surface area contributed by atoms with Gasteiger partial charge in [-0.2, -0.15) is 0 Å². The molecule has 118 valence electrons. The van der Waals surface area contributed by atoms with Crippen LogP contribution in [0.1, 0.15) is 30.1 Å². The minimum Gasteiger partial charge on any atom is -0.348 e. The highest BCUT2D eigenvalue weighted by molar-refractivity contribution is 7.89. The van der Waals surface area contributed by atoms with Crippen molar-refractivity contribution in [1.29, 1.82) is 0 Å². The Kier molecular flexibility index (Phi) is 4.59. The number of H-pyrrole nitrogens is 1. The van der Waals surface area contributed by atoms with E-state index in [1.165, 1.54) is 0 Å². The summed E-state index contributed by atoms with van der Waals surface area (Å²) in [6.07, 6.45) is 5.80. The van der Waals surface area contributed by atoms with E-state index in [-0.39, 0.29) is 5.75 Å². The van der Waals surface area contributed by atoms with Gasteiger partial charge in [0.1, 0.15) is 5.82 Å². The molecule has 2 aromatic rings. The van der Waals surface area contributed by atoms with Crippen LogP contribution in [0.5, 0.6) is 0 Å². The Hall–Kier alpha value is -1.66. The molecule has 0 bridgehead atoms. The Morgan fingerprint density at radius 3 is 2.55 bits per heavy atom.